The molecule has 3 aromatic rings. The predicted molar refractivity (Wildman–Crippen MR) is 108 cm³/mol. The molecule has 0 aliphatic carbocycles. The van der Waals surface area contributed by atoms with Crippen LogP contribution in [-0.2, 0) is 0 Å². The zero-order valence-corrected chi connectivity index (χ0v) is 16.9. The summed E-state index contributed by atoms with van der Waals surface area (Å²) in [5.74, 6) is -1.37. The number of rotatable bonds is 7. The van der Waals surface area contributed by atoms with E-state index in [1.165, 1.54) is 39.5 Å². The first kappa shape index (κ1) is 21.0. The lowest BCUT2D eigenvalue weighted by Gasteiger charge is -2.14. The second kappa shape index (κ2) is 8.74. The van der Waals surface area contributed by atoms with Crippen molar-refractivity contribution in [2.24, 2.45) is 0 Å². The number of amides is 1. The Morgan fingerprint density at radius 2 is 1.90 bits per heavy atom. The fraction of sp³-hybridized carbons (Fsp3) is 0.158. The van der Waals surface area contributed by atoms with Crippen molar-refractivity contribution < 1.29 is 28.3 Å². The normalized spacial score (nSPS) is 10.4. The van der Waals surface area contributed by atoms with E-state index in [-0.39, 0.29) is 27.9 Å². The maximum atomic E-state index is 13.4. The van der Waals surface area contributed by atoms with Crippen molar-refractivity contribution in [1.82, 2.24) is 4.98 Å². The van der Waals surface area contributed by atoms with E-state index >= 15 is 0 Å². The van der Waals surface area contributed by atoms with Gasteiger partial charge in [0.1, 0.15) is 11.4 Å². The molecule has 1 heterocycles. The Bertz CT molecular complexity index is 1120. The van der Waals surface area contributed by atoms with Crippen LogP contribution in [0.4, 0.5) is 15.2 Å². The Labute approximate surface area is 174 Å². The Morgan fingerprint density at radius 3 is 2.50 bits per heavy atom. The van der Waals surface area contributed by atoms with Crippen molar-refractivity contribution in [2.45, 2.75) is 0 Å². The zero-order chi connectivity index (χ0) is 21.8. The van der Waals surface area contributed by atoms with E-state index in [1.54, 1.807) is 17.5 Å². The van der Waals surface area contributed by atoms with Crippen molar-refractivity contribution in [2.75, 3.05) is 26.6 Å². The lowest BCUT2D eigenvalue weighted by atomic mass is 10.1. The number of methoxy groups -OCH3 is 3. The van der Waals surface area contributed by atoms with Gasteiger partial charge in [-0.2, -0.15) is 0 Å². The number of halogens is 1. The summed E-state index contributed by atoms with van der Waals surface area (Å²) in [6.45, 7) is 0. The number of nitro groups is 1. The van der Waals surface area contributed by atoms with Crippen molar-refractivity contribution >= 4 is 28.1 Å². The number of hydrogen-bond acceptors (Lipinski definition) is 8. The van der Waals surface area contributed by atoms with E-state index in [9.17, 15) is 19.3 Å². The first-order valence-corrected chi connectivity index (χ1v) is 9.27. The van der Waals surface area contributed by atoms with Gasteiger partial charge in [-0.25, -0.2) is 9.37 Å². The SMILES string of the molecule is COc1cc(C(=O)Nc2nc(-c3cccc(F)c3)cs2)c([N+](=O)[O-])c(OC)c1OC. The summed E-state index contributed by atoms with van der Waals surface area (Å²) in [4.78, 5) is 28.0. The number of ether oxygens (including phenoxy) is 3. The average Bonchev–Trinajstić information content (AvgIpc) is 3.20. The number of nitro benzene ring substituents is 1. The summed E-state index contributed by atoms with van der Waals surface area (Å²) in [6, 6.07) is 7.03. The third-order valence-electron chi connectivity index (χ3n) is 4.08. The largest absolute Gasteiger partial charge is 0.493 e. The number of carbonyl (C=O) groups is 1. The minimum Gasteiger partial charge on any atom is -0.493 e. The summed E-state index contributed by atoms with van der Waals surface area (Å²) < 4.78 is 28.8. The molecule has 156 valence electrons. The second-order valence-electron chi connectivity index (χ2n) is 5.80. The van der Waals surface area contributed by atoms with Gasteiger partial charge >= 0.3 is 5.69 Å². The molecule has 0 fully saturated rings. The predicted octanol–water partition coefficient (Wildman–Crippen LogP) is 4.14. The number of aromatic nitrogens is 1. The van der Waals surface area contributed by atoms with Crippen LogP contribution in [0.25, 0.3) is 11.3 Å². The van der Waals surface area contributed by atoms with E-state index in [4.69, 9.17) is 14.2 Å². The van der Waals surface area contributed by atoms with Crippen LogP contribution in [0.1, 0.15) is 10.4 Å². The molecule has 9 nitrogen and oxygen atoms in total. The molecule has 0 bridgehead atoms. The van der Waals surface area contributed by atoms with Crippen LogP contribution in [0.3, 0.4) is 0 Å². The molecule has 1 amide bonds. The molecule has 0 spiro atoms. The summed E-state index contributed by atoms with van der Waals surface area (Å²) in [7, 11) is 3.85. The third kappa shape index (κ3) is 4.01. The number of hydrogen-bond donors (Lipinski definition) is 1. The fourth-order valence-corrected chi connectivity index (χ4v) is 3.49. The van der Waals surface area contributed by atoms with Crippen molar-refractivity contribution in [3.63, 3.8) is 0 Å². The molecule has 0 saturated carbocycles. The number of anilines is 1. The van der Waals surface area contributed by atoms with Crippen molar-refractivity contribution in [3.8, 4) is 28.5 Å². The molecule has 2 aromatic carbocycles. The molecule has 0 aliphatic heterocycles. The molecule has 1 N–H and O–H groups in total. The summed E-state index contributed by atoms with van der Waals surface area (Å²) in [5.41, 5.74) is 0.117. The molecule has 3 rings (SSSR count). The standard InChI is InChI=1S/C19H16FN3O6S/c1-27-14-8-12(15(23(25)26)17(29-3)16(14)28-2)18(24)22-19-21-13(9-30-19)10-5-4-6-11(20)7-10/h4-9H,1-3H3,(H,21,22,24). The van der Waals surface area contributed by atoms with Crippen LogP contribution in [0.5, 0.6) is 17.2 Å². The Kier molecular flexibility index (Phi) is 6.11. The van der Waals surface area contributed by atoms with Gasteiger partial charge in [-0.05, 0) is 12.1 Å². The van der Waals surface area contributed by atoms with Gasteiger partial charge in [0.05, 0.1) is 31.9 Å². The van der Waals surface area contributed by atoms with Gasteiger partial charge in [0, 0.05) is 17.0 Å². The van der Waals surface area contributed by atoms with Gasteiger partial charge in [-0.3, -0.25) is 20.2 Å². The van der Waals surface area contributed by atoms with Crippen LogP contribution in [0.2, 0.25) is 0 Å². The van der Waals surface area contributed by atoms with Crippen LogP contribution in [-0.4, -0.2) is 37.1 Å². The van der Waals surface area contributed by atoms with Crippen LogP contribution >= 0.6 is 11.3 Å². The average molecular weight is 433 g/mol. The monoisotopic (exact) mass is 433 g/mol. The Hall–Kier alpha value is -3.73. The van der Waals surface area contributed by atoms with Crippen LogP contribution in [0, 0.1) is 15.9 Å². The van der Waals surface area contributed by atoms with Crippen molar-refractivity contribution in [3.05, 3.63) is 57.2 Å². The van der Waals surface area contributed by atoms with Gasteiger partial charge < -0.3 is 14.2 Å². The van der Waals surface area contributed by atoms with Gasteiger partial charge in [-0.15, -0.1) is 11.3 Å². The number of nitrogens with one attached hydrogen (secondary N) is 1. The van der Waals surface area contributed by atoms with Crippen LogP contribution < -0.4 is 19.5 Å². The lowest BCUT2D eigenvalue weighted by Crippen LogP contribution is -2.15. The van der Waals surface area contributed by atoms with E-state index in [1.807, 2.05) is 0 Å². The van der Waals surface area contributed by atoms with E-state index in [2.05, 4.69) is 10.3 Å². The number of thiazole rings is 1. The smallest absolute Gasteiger partial charge is 0.327 e. The quantitative estimate of drug-likeness (QED) is 0.440. The van der Waals surface area contributed by atoms with E-state index in [0.29, 0.717) is 11.3 Å². The number of nitrogens with zero attached hydrogens (tertiary/aromatic N) is 2. The molecule has 1 aromatic heterocycles. The molecule has 0 aliphatic rings. The first-order valence-electron chi connectivity index (χ1n) is 8.39. The minimum absolute atomic E-state index is 0.00844. The fourth-order valence-electron chi connectivity index (χ4n) is 2.77. The maximum absolute atomic E-state index is 13.4. The molecule has 11 heteroatoms. The topological polar surface area (TPSA) is 113 Å². The third-order valence-corrected chi connectivity index (χ3v) is 4.83. The molecule has 0 atom stereocenters. The van der Waals surface area contributed by atoms with E-state index in [0.717, 1.165) is 11.3 Å². The molecule has 0 radical (unpaired) electrons. The van der Waals surface area contributed by atoms with Gasteiger partial charge in [0.25, 0.3) is 5.91 Å². The molecular formula is C19H16FN3O6S. The highest BCUT2D eigenvalue weighted by Crippen LogP contribution is 2.46. The zero-order valence-electron chi connectivity index (χ0n) is 16.1. The summed E-state index contributed by atoms with van der Waals surface area (Å²) in [6.07, 6.45) is 0. The highest BCUT2D eigenvalue weighted by Gasteiger charge is 2.32. The van der Waals surface area contributed by atoms with Gasteiger partial charge in [0.15, 0.2) is 10.9 Å². The number of benzene rings is 2. The highest BCUT2D eigenvalue weighted by atomic mass is 32.1. The maximum Gasteiger partial charge on any atom is 0.327 e. The number of carbonyl (C=O) groups excluding carboxylic acids is 1. The highest BCUT2D eigenvalue weighted by molar-refractivity contribution is 7.14. The summed E-state index contributed by atoms with van der Waals surface area (Å²) in [5, 5.41) is 16.0. The molecule has 0 saturated heterocycles. The molecule has 30 heavy (non-hydrogen) atoms. The molecule has 0 unspecified atom stereocenters. The van der Waals surface area contributed by atoms with Gasteiger partial charge in [0.2, 0.25) is 11.5 Å². The minimum atomic E-state index is -0.791. The van der Waals surface area contributed by atoms with Crippen LogP contribution in [0.15, 0.2) is 35.7 Å². The van der Waals surface area contributed by atoms with E-state index < -0.39 is 22.3 Å². The Balaban J connectivity index is 1.98. The lowest BCUT2D eigenvalue weighted by molar-refractivity contribution is -0.386. The van der Waals surface area contributed by atoms with Gasteiger partial charge in [-0.1, -0.05) is 12.1 Å². The second-order valence-corrected chi connectivity index (χ2v) is 6.66. The Morgan fingerprint density at radius 1 is 1.17 bits per heavy atom. The first-order chi connectivity index (χ1) is 14.4. The molecular weight excluding hydrogens is 417 g/mol. The summed E-state index contributed by atoms with van der Waals surface area (Å²) >= 11 is 1.09. The van der Waals surface area contributed by atoms with Crippen molar-refractivity contribution in [1.29, 1.82) is 0 Å².